The monoisotopic (exact) mass is 399 g/mol. The van der Waals surface area contributed by atoms with Gasteiger partial charge in [-0.3, -0.25) is 10.1 Å². The standard InChI is InChI=1S/C16H22BrN3O4/c1-11-10-18(7-8-19(11)15(21)24-16(2,3)4)13-6-5-12(17)9-14(13)20(22)23/h5-6,9,11H,7-8,10H2,1-4H3/t11-/m0/s1. The molecule has 0 aliphatic carbocycles. The number of piperazine rings is 1. The molecule has 1 fully saturated rings. The summed E-state index contributed by atoms with van der Waals surface area (Å²) in [4.78, 5) is 26.8. The molecule has 0 spiro atoms. The number of nitro groups is 1. The van der Waals surface area contributed by atoms with Crippen LogP contribution in [0.5, 0.6) is 0 Å². The van der Waals surface area contributed by atoms with E-state index >= 15 is 0 Å². The van der Waals surface area contributed by atoms with E-state index in [-0.39, 0.29) is 22.7 Å². The third-order valence-corrected chi connectivity index (χ3v) is 4.22. The van der Waals surface area contributed by atoms with Gasteiger partial charge in [-0.05, 0) is 39.8 Å². The topological polar surface area (TPSA) is 75.9 Å². The molecule has 1 aliphatic heterocycles. The van der Waals surface area contributed by atoms with Crippen LogP contribution in [0.3, 0.4) is 0 Å². The van der Waals surface area contributed by atoms with Crippen molar-refractivity contribution < 1.29 is 14.5 Å². The van der Waals surface area contributed by atoms with Gasteiger partial charge in [0.15, 0.2) is 0 Å². The Morgan fingerprint density at radius 1 is 1.38 bits per heavy atom. The molecule has 2 rings (SSSR count). The summed E-state index contributed by atoms with van der Waals surface area (Å²) in [6, 6.07) is 4.92. The van der Waals surface area contributed by atoms with Gasteiger partial charge in [0.05, 0.1) is 4.92 Å². The van der Waals surface area contributed by atoms with Gasteiger partial charge < -0.3 is 14.5 Å². The van der Waals surface area contributed by atoms with E-state index in [2.05, 4.69) is 15.9 Å². The normalized spacial score (nSPS) is 18.5. The van der Waals surface area contributed by atoms with E-state index in [0.717, 1.165) is 0 Å². The lowest BCUT2D eigenvalue weighted by atomic mass is 10.1. The number of anilines is 1. The summed E-state index contributed by atoms with van der Waals surface area (Å²) in [6.45, 7) is 8.91. The number of rotatable bonds is 2. The summed E-state index contributed by atoms with van der Waals surface area (Å²) >= 11 is 3.26. The van der Waals surface area contributed by atoms with Gasteiger partial charge in [-0.15, -0.1) is 0 Å². The van der Waals surface area contributed by atoms with Crippen LogP contribution in [0.4, 0.5) is 16.2 Å². The maximum atomic E-state index is 12.3. The molecule has 1 aromatic carbocycles. The first-order chi connectivity index (χ1) is 11.1. The number of nitro benzene ring substituents is 1. The molecule has 0 N–H and O–H groups in total. The number of carbonyl (C=O) groups excluding carboxylic acids is 1. The first-order valence-corrected chi connectivity index (χ1v) is 8.56. The summed E-state index contributed by atoms with van der Waals surface area (Å²) in [7, 11) is 0. The van der Waals surface area contributed by atoms with E-state index in [9.17, 15) is 14.9 Å². The van der Waals surface area contributed by atoms with Gasteiger partial charge in [-0.2, -0.15) is 0 Å². The van der Waals surface area contributed by atoms with Crippen molar-refractivity contribution >= 4 is 33.4 Å². The number of nitrogens with zero attached hydrogens (tertiary/aromatic N) is 3. The average Bonchev–Trinajstić information content (AvgIpc) is 2.44. The van der Waals surface area contributed by atoms with Crippen LogP contribution in [0.15, 0.2) is 22.7 Å². The Morgan fingerprint density at radius 3 is 2.58 bits per heavy atom. The Balaban J connectivity index is 2.14. The van der Waals surface area contributed by atoms with Crippen molar-refractivity contribution in [2.24, 2.45) is 0 Å². The molecule has 132 valence electrons. The molecule has 24 heavy (non-hydrogen) atoms. The van der Waals surface area contributed by atoms with E-state index in [4.69, 9.17) is 4.74 Å². The Bertz CT molecular complexity index is 645. The molecule has 1 aromatic rings. The minimum Gasteiger partial charge on any atom is -0.444 e. The van der Waals surface area contributed by atoms with E-state index in [1.165, 1.54) is 6.07 Å². The van der Waals surface area contributed by atoms with Gasteiger partial charge in [0.1, 0.15) is 11.3 Å². The number of ether oxygens (including phenoxy) is 1. The molecule has 0 saturated carbocycles. The quantitative estimate of drug-likeness (QED) is 0.558. The van der Waals surface area contributed by atoms with Crippen LogP contribution in [0.1, 0.15) is 27.7 Å². The molecule has 0 aromatic heterocycles. The van der Waals surface area contributed by atoms with Crippen LogP contribution in [-0.4, -0.2) is 47.2 Å². The van der Waals surface area contributed by atoms with Crippen molar-refractivity contribution in [1.82, 2.24) is 4.90 Å². The molecule has 0 unspecified atom stereocenters. The number of halogens is 1. The third-order valence-electron chi connectivity index (χ3n) is 3.73. The van der Waals surface area contributed by atoms with Gasteiger partial charge in [0.2, 0.25) is 0 Å². The molecule has 8 heteroatoms. The summed E-state index contributed by atoms with van der Waals surface area (Å²) in [5.41, 5.74) is 0.0829. The van der Waals surface area contributed by atoms with Gasteiger partial charge in [0.25, 0.3) is 5.69 Å². The first kappa shape index (κ1) is 18.5. The van der Waals surface area contributed by atoms with Crippen molar-refractivity contribution in [2.75, 3.05) is 24.5 Å². The Labute approximate surface area is 149 Å². The molecule has 7 nitrogen and oxygen atoms in total. The molecule has 1 saturated heterocycles. The highest BCUT2D eigenvalue weighted by Gasteiger charge is 2.32. The second-order valence-corrected chi connectivity index (χ2v) is 7.77. The number of benzene rings is 1. The van der Waals surface area contributed by atoms with Crippen molar-refractivity contribution in [3.8, 4) is 0 Å². The fourth-order valence-corrected chi connectivity index (χ4v) is 3.03. The Morgan fingerprint density at radius 2 is 2.04 bits per heavy atom. The lowest BCUT2D eigenvalue weighted by Crippen LogP contribution is -2.55. The lowest BCUT2D eigenvalue weighted by Gasteiger charge is -2.41. The van der Waals surface area contributed by atoms with Crippen LogP contribution in [0.2, 0.25) is 0 Å². The maximum absolute atomic E-state index is 12.3. The second kappa shape index (κ2) is 6.96. The summed E-state index contributed by atoms with van der Waals surface area (Å²) in [6.07, 6.45) is -0.347. The van der Waals surface area contributed by atoms with Crippen LogP contribution >= 0.6 is 15.9 Å². The molecule has 1 atom stereocenters. The number of hydrogen-bond acceptors (Lipinski definition) is 5. The van der Waals surface area contributed by atoms with Gasteiger partial charge in [0, 0.05) is 36.2 Å². The third kappa shape index (κ3) is 4.37. The zero-order chi connectivity index (χ0) is 18.1. The predicted octanol–water partition coefficient (Wildman–Crippen LogP) is 3.80. The SMILES string of the molecule is C[C@H]1CN(c2ccc(Br)cc2[N+](=O)[O-])CCN1C(=O)OC(C)(C)C. The number of amides is 1. The van der Waals surface area contributed by atoms with E-state index in [1.807, 2.05) is 32.6 Å². The molecule has 0 bridgehead atoms. The highest BCUT2D eigenvalue weighted by Crippen LogP contribution is 2.32. The number of carbonyl (C=O) groups is 1. The van der Waals surface area contributed by atoms with E-state index in [1.54, 1.807) is 17.0 Å². The molecule has 1 amide bonds. The first-order valence-electron chi connectivity index (χ1n) is 7.77. The zero-order valence-corrected chi connectivity index (χ0v) is 15.9. The summed E-state index contributed by atoms with van der Waals surface area (Å²) < 4.78 is 6.09. The summed E-state index contributed by atoms with van der Waals surface area (Å²) in [5, 5.41) is 11.3. The van der Waals surface area contributed by atoms with Crippen molar-refractivity contribution in [2.45, 2.75) is 39.3 Å². The van der Waals surface area contributed by atoms with Crippen molar-refractivity contribution in [1.29, 1.82) is 0 Å². The van der Waals surface area contributed by atoms with Gasteiger partial charge >= 0.3 is 6.09 Å². The summed E-state index contributed by atoms with van der Waals surface area (Å²) in [5.74, 6) is 0. The minimum absolute atomic E-state index is 0.0577. The molecule has 0 radical (unpaired) electrons. The minimum atomic E-state index is -0.543. The average molecular weight is 400 g/mol. The molecular formula is C16H22BrN3O4. The van der Waals surface area contributed by atoms with E-state index in [0.29, 0.717) is 29.8 Å². The van der Waals surface area contributed by atoms with Crippen molar-refractivity contribution in [3.05, 3.63) is 32.8 Å². The molecular weight excluding hydrogens is 378 g/mol. The highest BCUT2D eigenvalue weighted by molar-refractivity contribution is 9.10. The van der Waals surface area contributed by atoms with Crippen molar-refractivity contribution in [3.63, 3.8) is 0 Å². The van der Waals surface area contributed by atoms with Crippen LogP contribution in [0, 0.1) is 10.1 Å². The lowest BCUT2D eigenvalue weighted by molar-refractivity contribution is -0.384. The fourth-order valence-electron chi connectivity index (χ4n) is 2.68. The van der Waals surface area contributed by atoms with E-state index < -0.39 is 5.60 Å². The smallest absolute Gasteiger partial charge is 0.410 e. The Kier molecular flexibility index (Phi) is 5.37. The van der Waals surface area contributed by atoms with Gasteiger partial charge in [-0.1, -0.05) is 15.9 Å². The number of hydrogen-bond donors (Lipinski definition) is 0. The van der Waals surface area contributed by atoms with Gasteiger partial charge in [-0.25, -0.2) is 4.79 Å². The Hall–Kier alpha value is -1.83. The molecule has 1 aliphatic rings. The van der Waals surface area contributed by atoms with Crippen LogP contribution in [0.25, 0.3) is 0 Å². The van der Waals surface area contributed by atoms with Crippen LogP contribution < -0.4 is 4.90 Å². The zero-order valence-electron chi connectivity index (χ0n) is 14.3. The highest BCUT2D eigenvalue weighted by atomic mass is 79.9. The largest absolute Gasteiger partial charge is 0.444 e. The maximum Gasteiger partial charge on any atom is 0.410 e. The predicted molar refractivity (Wildman–Crippen MR) is 95.4 cm³/mol. The molecule has 1 heterocycles. The fraction of sp³-hybridized carbons (Fsp3) is 0.562. The second-order valence-electron chi connectivity index (χ2n) is 6.86. The van der Waals surface area contributed by atoms with Crippen LogP contribution in [-0.2, 0) is 4.74 Å².